The van der Waals surface area contributed by atoms with Gasteiger partial charge in [0.05, 0.1) is 19.1 Å². The van der Waals surface area contributed by atoms with Crippen LogP contribution in [0.2, 0.25) is 0 Å². The molecule has 2 aromatic carbocycles. The zero-order valence-electron chi connectivity index (χ0n) is 16.0. The number of fused-ring (bicyclic) bond motifs is 1. The molecule has 0 saturated carbocycles. The quantitative estimate of drug-likeness (QED) is 0.794. The molecule has 8 heteroatoms. The van der Waals surface area contributed by atoms with Crippen LogP contribution in [0.3, 0.4) is 0 Å². The summed E-state index contributed by atoms with van der Waals surface area (Å²) in [7, 11) is -0.983. The number of benzene rings is 2. The number of carbonyl (C=O) groups is 1. The number of carboxylic acid groups (broad SMARTS) is 1. The van der Waals surface area contributed by atoms with Crippen LogP contribution in [0.1, 0.15) is 23.6 Å². The highest BCUT2D eigenvalue weighted by molar-refractivity contribution is 7.89. The average molecular weight is 405 g/mol. The van der Waals surface area contributed by atoms with E-state index in [1.54, 1.807) is 24.3 Å². The van der Waals surface area contributed by atoms with Crippen molar-refractivity contribution in [2.24, 2.45) is 0 Å². The van der Waals surface area contributed by atoms with E-state index >= 15 is 0 Å². The van der Waals surface area contributed by atoms with E-state index in [2.05, 4.69) is 0 Å². The molecule has 1 N–H and O–H groups in total. The lowest BCUT2D eigenvalue weighted by molar-refractivity contribution is -0.141. The van der Waals surface area contributed by atoms with Gasteiger partial charge in [-0.1, -0.05) is 19.1 Å². The van der Waals surface area contributed by atoms with E-state index in [0.29, 0.717) is 17.1 Å². The summed E-state index contributed by atoms with van der Waals surface area (Å²) in [4.78, 5) is 12.0. The molecule has 7 nitrogen and oxygen atoms in total. The standard InChI is InChI=1S/C20H23NO6S/c1-4-13-5-7-16(8-6-13)28(24,25)21-12-15-11-19(27-3)18(26-2)10-14(15)9-17(21)20(22)23/h5-8,10-11,17H,4,9,12H2,1-3H3,(H,22,23)/t17-/m1/s1. The molecule has 28 heavy (non-hydrogen) atoms. The first-order valence-electron chi connectivity index (χ1n) is 8.89. The predicted molar refractivity (Wildman–Crippen MR) is 103 cm³/mol. The van der Waals surface area contributed by atoms with Crippen molar-refractivity contribution in [2.45, 2.75) is 37.2 Å². The van der Waals surface area contributed by atoms with Crippen molar-refractivity contribution in [3.05, 3.63) is 53.1 Å². The van der Waals surface area contributed by atoms with E-state index in [4.69, 9.17) is 9.47 Å². The van der Waals surface area contributed by atoms with Gasteiger partial charge in [-0.05, 0) is 47.4 Å². The highest BCUT2D eigenvalue weighted by atomic mass is 32.2. The lowest BCUT2D eigenvalue weighted by Crippen LogP contribution is -2.48. The highest BCUT2D eigenvalue weighted by Gasteiger charge is 2.40. The summed E-state index contributed by atoms with van der Waals surface area (Å²) in [5.41, 5.74) is 2.44. The predicted octanol–water partition coefficient (Wildman–Crippen LogP) is 2.47. The van der Waals surface area contributed by atoms with Crippen molar-refractivity contribution < 1.29 is 27.8 Å². The number of sulfonamides is 1. The van der Waals surface area contributed by atoms with Gasteiger partial charge in [-0.3, -0.25) is 4.79 Å². The fourth-order valence-corrected chi connectivity index (χ4v) is 4.94. The van der Waals surface area contributed by atoms with Crippen LogP contribution >= 0.6 is 0 Å². The summed E-state index contributed by atoms with van der Waals surface area (Å²) in [6.45, 7) is 1.93. The van der Waals surface area contributed by atoms with E-state index in [-0.39, 0.29) is 17.9 Å². The molecular formula is C20H23NO6S. The Labute approximate surface area is 164 Å². The second-order valence-electron chi connectivity index (χ2n) is 6.58. The van der Waals surface area contributed by atoms with Gasteiger partial charge in [-0.25, -0.2) is 8.42 Å². The lowest BCUT2D eigenvalue weighted by atomic mass is 9.95. The van der Waals surface area contributed by atoms with Gasteiger partial charge in [0.25, 0.3) is 0 Å². The Bertz CT molecular complexity index is 985. The fraction of sp³-hybridized carbons (Fsp3) is 0.350. The van der Waals surface area contributed by atoms with Gasteiger partial charge in [-0.15, -0.1) is 0 Å². The molecule has 0 fully saturated rings. The molecule has 150 valence electrons. The summed E-state index contributed by atoms with van der Waals surface area (Å²) in [5.74, 6) is -0.231. The van der Waals surface area contributed by atoms with Crippen molar-refractivity contribution in [3.63, 3.8) is 0 Å². The SMILES string of the molecule is CCc1ccc(S(=O)(=O)N2Cc3cc(OC)c(OC)cc3C[C@@H]2C(=O)O)cc1. The molecule has 0 amide bonds. The van der Waals surface area contributed by atoms with Gasteiger partial charge in [0.2, 0.25) is 10.0 Å². The molecule has 2 aromatic rings. The number of methoxy groups -OCH3 is 2. The minimum Gasteiger partial charge on any atom is -0.493 e. The topological polar surface area (TPSA) is 93.1 Å². The average Bonchev–Trinajstić information content (AvgIpc) is 2.71. The molecule has 0 radical (unpaired) electrons. The molecule has 0 saturated heterocycles. The van der Waals surface area contributed by atoms with E-state index in [1.165, 1.54) is 26.4 Å². The van der Waals surface area contributed by atoms with Crippen LogP contribution in [-0.4, -0.2) is 44.1 Å². The monoisotopic (exact) mass is 405 g/mol. The number of aliphatic carboxylic acids is 1. The van der Waals surface area contributed by atoms with Gasteiger partial charge in [0.15, 0.2) is 11.5 Å². The Morgan fingerprint density at radius 1 is 1.11 bits per heavy atom. The van der Waals surface area contributed by atoms with Crippen LogP contribution in [-0.2, 0) is 34.2 Å². The minimum atomic E-state index is -3.98. The fourth-order valence-electron chi connectivity index (χ4n) is 3.38. The Morgan fingerprint density at radius 2 is 1.68 bits per heavy atom. The first-order chi connectivity index (χ1) is 13.3. The molecule has 1 atom stereocenters. The molecule has 1 aliphatic heterocycles. The van der Waals surface area contributed by atoms with E-state index < -0.39 is 22.0 Å². The number of carboxylic acids is 1. The van der Waals surface area contributed by atoms with E-state index in [0.717, 1.165) is 21.9 Å². The summed E-state index contributed by atoms with van der Waals surface area (Å²) < 4.78 is 38.0. The van der Waals surface area contributed by atoms with Crippen molar-refractivity contribution in [2.75, 3.05) is 14.2 Å². The van der Waals surface area contributed by atoms with E-state index in [1.807, 2.05) is 6.92 Å². The largest absolute Gasteiger partial charge is 0.493 e. The third-order valence-corrected chi connectivity index (χ3v) is 6.89. The van der Waals surface area contributed by atoms with Crippen molar-refractivity contribution in [3.8, 4) is 11.5 Å². The molecule has 0 bridgehead atoms. The smallest absolute Gasteiger partial charge is 0.322 e. The Morgan fingerprint density at radius 3 is 2.18 bits per heavy atom. The first kappa shape index (κ1) is 20.2. The third-order valence-electron chi connectivity index (χ3n) is 5.02. The molecule has 3 rings (SSSR count). The zero-order chi connectivity index (χ0) is 20.5. The van der Waals surface area contributed by atoms with Crippen LogP contribution in [0, 0.1) is 0 Å². The number of ether oxygens (including phenoxy) is 2. The molecule has 0 aromatic heterocycles. The van der Waals surface area contributed by atoms with Crippen molar-refractivity contribution in [1.82, 2.24) is 4.31 Å². The normalized spacial score (nSPS) is 17.0. The second-order valence-corrected chi connectivity index (χ2v) is 8.47. The maximum Gasteiger partial charge on any atom is 0.322 e. The van der Waals surface area contributed by atoms with Gasteiger partial charge >= 0.3 is 5.97 Å². The van der Waals surface area contributed by atoms with Gasteiger partial charge < -0.3 is 14.6 Å². The Hall–Kier alpha value is -2.58. The summed E-state index contributed by atoms with van der Waals surface area (Å²) in [6.07, 6.45) is 0.841. The Kier molecular flexibility index (Phi) is 5.62. The molecule has 1 heterocycles. The molecule has 1 aliphatic rings. The van der Waals surface area contributed by atoms with Crippen LogP contribution < -0.4 is 9.47 Å². The van der Waals surface area contributed by atoms with Gasteiger partial charge in [0.1, 0.15) is 6.04 Å². The molecule has 0 unspecified atom stereocenters. The molecule has 0 aliphatic carbocycles. The van der Waals surface area contributed by atoms with Crippen molar-refractivity contribution >= 4 is 16.0 Å². The summed E-state index contributed by atoms with van der Waals surface area (Å²) in [5, 5.41) is 9.69. The lowest BCUT2D eigenvalue weighted by Gasteiger charge is -2.34. The number of hydrogen-bond acceptors (Lipinski definition) is 5. The van der Waals surface area contributed by atoms with Crippen LogP contribution in [0.15, 0.2) is 41.3 Å². The van der Waals surface area contributed by atoms with Crippen LogP contribution in [0.4, 0.5) is 0 Å². The van der Waals surface area contributed by atoms with E-state index in [9.17, 15) is 18.3 Å². The third kappa shape index (κ3) is 3.57. The van der Waals surface area contributed by atoms with Gasteiger partial charge in [0, 0.05) is 13.0 Å². The maximum atomic E-state index is 13.2. The molecular weight excluding hydrogens is 382 g/mol. The number of nitrogens with zero attached hydrogens (tertiary/aromatic N) is 1. The number of rotatable bonds is 6. The highest BCUT2D eigenvalue weighted by Crippen LogP contribution is 2.36. The molecule has 0 spiro atoms. The second kappa shape index (κ2) is 7.81. The van der Waals surface area contributed by atoms with Gasteiger partial charge in [-0.2, -0.15) is 4.31 Å². The first-order valence-corrected chi connectivity index (χ1v) is 10.3. The summed E-state index contributed by atoms with van der Waals surface area (Å²) in [6, 6.07) is 8.76. The Balaban J connectivity index is 2.05. The minimum absolute atomic E-state index is 0.0511. The van der Waals surface area contributed by atoms with Crippen LogP contribution in [0.5, 0.6) is 11.5 Å². The van der Waals surface area contributed by atoms with Crippen molar-refractivity contribution in [1.29, 1.82) is 0 Å². The summed E-state index contributed by atoms with van der Waals surface area (Å²) >= 11 is 0. The number of hydrogen-bond donors (Lipinski definition) is 1. The zero-order valence-corrected chi connectivity index (χ0v) is 16.8. The number of aryl methyl sites for hydroxylation is 1. The van der Waals surface area contributed by atoms with Crippen LogP contribution in [0.25, 0.3) is 0 Å². The maximum absolute atomic E-state index is 13.2.